The standard InChI is InChI=1S/C22H27N2O3PS/c23-17-21-16-20(18-24-13-7-14-27-28(25)26)11-12-22(21)29-15-6-2-5-10-19-8-3-1-4-9-19/h1,3-4,8-9,11-12,16,24H,2,5-7,10,13-15,18H2/p+1. The van der Waals surface area contributed by atoms with Gasteiger partial charge in [-0.15, -0.1) is 21.2 Å². The molecule has 0 saturated carbocycles. The van der Waals surface area contributed by atoms with Gasteiger partial charge in [-0.2, -0.15) is 5.26 Å². The van der Waals surface area contributed by atoms with E-state index in [1.807, 2.05) is 24.3 Å². The van der Waals surface area contributed by atoms with Gasteiger partial charge >= 0.3 is 8.25 Å². The molecule has 0 saturated heterocycles. The number of unbranched alkanes of at least 4 members (excludes halogenated alkanes) is 2. The minimum absolute atomic E-state index is 0.253. The number of hydrogen-bond acceptors (Lipinski definition) is 5. The van der Waals surface area contributed by atoms with Gasteiger partial charge in [-0.1, -0.05) is 42.8 Å². The van der Waals surface area contributed by atoms with Gasteiger partial charge in [-0.3, -0.25) is 0 Å². The molecular formula is C22H28N2O3PS+. The molecule has 1 unspecified atom stereocenters. The van der Waals surface area contributed by atoms with Crippen molar-refractivity contribution in [3.8, 4) is 6.07 Å². The summed E-state index contributed by atoms with van der Waals surface area (Å²) >= 11 is 1.75. The summed E-state index contributed by atoms with van der Waals surface area (Å²) in [5.41, 5.74) is 3.18. The average molecular weight is 432 g/mol. The Labute approximate surface area is 178 Å². The van der Waals surface area contributed by atoms with Crippen molar-refractivity contribution in [2.24, 2.45) is 0 Å². The summed E-state index contributed by atoms with van der Waals surface area (Å²) in [6.45, 7) is 1.60. The predicted molar refractivity (Wildman–Crippen MR) is 118 cm³/mol. The van der Waals surface area contributed by atoms with E-state index < -0.39 is 8.25 Å². The van der Waals surface area contributed by atoms with E-state index in [0.717, 1.165) is 34.6 Å². The second-order valence-corrected chi connectivity index (χ2v) is 8.56. The molecule has 2 aromatic carbocycles. The molecule has 0 fully saturated rings. The number of aryl methyl sites for hydroxylation is 1. The largest absolute Gasteiger partial charge is 0.694 e. The van der Waals surface area contributed by atoms with Gasteiger partial charge in [-0.25, -0.2) is 0 Å². The normalized spacial score (nSPS) is 11.2. The third-order valence-electron chi connectivity index (χ3n) is 4.40. The summed E-state index contributed by atoms with van der Waals surface area (Å²) in [4.78, 5) is 9.60. The molecule has 0 bridgehead atoms. The third-order valence-corrected chi connectivity index (χ3v) is 5.97. The Hall–Kier alpha value is -1.74. The summed E-state index contributed by atoms with van der Waals surface area (Å²) in [6.07, 6.45) is 5.32. The van der Waals surface area contributed by atoms with Crippen molar-refractivity contribution in [1.82, 2.24) is 5.32 Å². The second-order valence-electron chi connectivity index (χ2n) is 6.69. The average Bonchev–Trinajstić information content (AvgIpc) is 2.74. The van der Waals surface area contributed by atoms with Crippen LogP contribution in [0.1, 0.15) is 42.4 Å². The molecule has 2 N–H and O–H groups in total. The van der Waals surface area contributed by atoms with Gasteiger partial charge in [0.25, 0.3) is 0 Å². The Morgan fingerprint density at radius 1 is 1.07 bits per heavy atom. The van der Waals surface area contributed by atoms with Crippen LogP contribution in [0.15, 0.2) is 53.4 Å². The lowest BCUT2D eigenvalue weighted by molar-refractivity contribution is 0.276. The predicted octanol–water partition coefficient (Wildman–Crippen LogP) is 5.21. The van der Waals surface area contributed by atoms with Crippen molar-refractivity contribution in [3.05, 3.63) is 65.2 Å². The Balaban J connectivity index is 1.64. The highest BCUT2D eigenvalue weighted by Gasteiger charge is 2.10. The lowest BCUT2D eigenvalue weighted by Gasteiger charge is -2.08. The van der Waals surface area contributed by atoms with Crippen molar-refractivity contribution in [3.63, 3.8) is 0 Å². The van der Waals surface area contributed by atoms with E-state index in [0.29, 0.717) is 19.5 Å². The minimum Gasteiger partial charge on any atom is -0.313 e. The summed E-state index contributed by atoms with van der Waals surface area (Å²) < 4.78 is 15.0. The summed E-state index contributed by atoms with van der Waals surface area (Å²) in [6, 6.07) is 18.9. The van der Waals surface area contributed by atoms with E-state index in [1.165, 1.54) is 18.4 Å². The fraction of sp³-hybridized carbons (Fsp3) is 0.409. The fourth-order valence-electron chi connectivity index (χ4n) is 2.91. The summed E-state index contributed by atoms with van der Waals surface area (Å²) in [5, 5.41) is 12.7. The molecule has 0 aliphatic heterocycles. The highest BCUT2D eigenvalue weighted by Crippen LogP contribution is 2.25. The van der Waals surface area contributed by atoms with Gasteiger partial charge in [0.05, 0.1) is 5.56 Å². The van der Waals surface area contributed by atoms with Crippen molar-refractivity contribution in [1.29, 1.82) is 5.26 Å². The van der Waals surface area contributed by atoms with E-state index in [9.17, 15) is 9.83 Å². The molecule has 0 aromatic heterocycles. The minimum atomic E-state index is -2.51. The number of nitrogens with one attached hydrogen (secondary N) is 1. The zero-order valence-electron chi connectivity index (χ0n) is 16.5. The van der Waals surface area contributed by atoms with E-state index >= 15 is 0 Å². The SMILES string of the molecule is N#Cc1cc(CNCCCO[P+](=O)O)ccc1SCCCCCc1ccccc1. The first-order valence-electron chi connectivity index (χ1n) is 9.88. The smallest absolute Gasteiger partial charge is 0.313 e. The molecule has 1 atom stereocenters. The first-order valence-corrected chi connectivity index (χ1v) is 12.0. The maximum absolute atomic E-state index is 10.4. The topological polar surface area (TPSA) is 82.3 Å². The highest BCUT2D eigenvalue weighted by molar-refractivity contribution is 7.99. The molecule has 0 heterocycles. The Morgan fingerprint density at radius 2 is 1.90 bits per heavy atom. The second kappa shape index (κ2) is 14.3. The van der Waals surface area contributed by atoms with Crippen LogP contribution in [0.25, 0.3) is 0 Å². The molecule has 2 aromatic rings. The number of benzene rings is 2. The summed E-state index contributed by atoms with van der Waals surface area (Å²) in [7, 11) is -2.51. The van der Waals surface area contributed by atoms with Crippen LogP contribution in [0.4, 0.5) is 0 Å². The van der Waals surface area contributed by atoms with Gasteiger partial charge in [0.2, 0.25) is 0 Å². The van der Waals surface area contributed by atoms with Crippen molar-refractivity contribution >= 4 is 20.0 Å². The lowest BCUT2D eigenvalue weighted by atomic mass is 10.1. The highest BCUT2D eigenvalue weighted by atomic mass is 32.2. The van der Waals surface area contributed by atoms with Gasteiger partial charge in [-0.05, 0) is 61.2 Å². The molecule has 7 heteroatoms. The van der Waals surface area contributed by atoms with E-state index in [2.05, 4.69) is 40.2 Å². The van der Waals surface area contributed by atoms with Crippen LogP contribution in [0.2, 0.25) is 0 Å². The molecule has 2 rings (SSSR count). The molecular weight excluding hydrogens is 403 g/mol. The van der Waals surface area contributed by atoms with Crippen LogP contribution in [0, 0.1) is 11.3 Å². The Bertz CT molecular complexity index is 796. The van der Waals surface area contributed by atoms with Crippen LogP contribution in [0.3, 0.4) is 0 Å². The van der Waals surface area contributed by atoms with Gasteiger partial charge in [0.1, 0.15) is 12.7 Å². The van der Waals surface area contributed by atoms with E-state index in [4.69, 9.17) is 4.89 Å². The quantitative estimate of drug-likeness (QED) is 0.243. The van der Waals surface area contributed by atoms with E-state index in [1.54, 1.807) is 11.8 Å². The number of nitriles is 1. The molecule has 0 aliphatic rings. The maximum Gasteiger partial charge on any atom is 0.694 e. The van der Waals surface area contributed by atoms with Crippen LogP contribution < -0.4 is 5.32 Å². The van der Waals surface area contributed by atoms with Crippen LogP contribution in [-0.4, -0.2) is 23.8 Å². The van der Waals surface area contributed by atoms with Crippen molar-refractivity contribution < 1.29 is 14.0 Å². The molecule has 29 heavy (non-hydrogen) atoms. The van der Waals surface area contributed by atoms with Gasteiger partial charge in [0, 0.05) is 16.0 Å². The number of hydrogen-bond donors (Lipinski definition) is 2. The Kier molecular flexibility index (Phi) is 11.6. The lowest BCUT2D eigenvalue weighted by Crippen LogP contribution is -2.16. The number of nitrogens with zero attached hydrogens (tertiary/aromatic N) is 1. The first-order chi connectivity index (χ1) is 14.2. The third kappa shape index (κ3) is 10.0. The van der Waals surface area contributed by atoms with Crippen LogP contribution >= 0.6 is 20.0 Å². The number of rotatable bonds is 14. The number of thioether (sulfide) groups is 1. The molecule has 0 aliphatic carbocycles. The monoisotopic (exact) mass is 431 g/mol. The molecule has 0 spiro atoms. The van der Waals surface area contributed by atoms with Crippen molar-refractivity contribution in [2.45, 2.75) is 43.5 Å². The molecule has 0 radical (unpaired) electrons. The summed E-state index contributed by atoms with van der Waals surface area (Å²) in [5.74, 6) is 1.02. The zero-order chi connectivity index (χ0) is 20.7. The van der Waals surface area contributed by atoms with Gasteiger partial charge < -0.3 is 5.32 Å². The molecule has 0 amide bonds. The van der Waals surface area contributed by atoms with Crippen LogP contribution in [0.5, 0.6) is 0 Å². The molecule has 5 nitrogen and oxygen atoms in total. The molecule has 154 valence electrons. The fourth-order valence-corrected chi connectivity index (χ4v) is 4.19. The maximum atomic E-state index is 10.4. The Morgan fingerprint density at radius 3 is 2.66 bits per heavy atom. The van der Waals surface area contributed by atoms with E-state index in [-0.39, 0.29) is 6.61 Å². The van der Waals surface area contributed by atoms with Crippen molar-refractivity contribution in [2.75, 3.05) is 18.9 Å². The first kappa shape index (κ1) is 23.5. The van der Waals surface area contributed by atoms with Gasteiger partial charge in [0.15, 0.2) is 0 Å². The van der Waals surface area contributed by atoms with Crippen LogP contribution in [-0.2, 0) is 22.1 Å². The zero-order valence-corrected chi connectivity index (χ0v) is 18.3.